The van der Waals surface area contributed by atoms with E-state index in [2.05, 4.69) is 38.4 Å². The molecule has 0 radical (unpaired) electrons. The molecule has 1 aromatic rings. The summed E-state index contributed by atoms with van der Waals surface area (Å²) in [5.41, 5.74) is 3.62. The standard InChI is InChI=1S/C16H22BrN3O2S/c1-5-7-22-15-13(17)8-12(9-14(15)21-6-2)10-18-20-16(23)19-11(3)4/h5,8-11H,1,6-7H2,2-4H3,(H2,19,20,23)/b18-10-. The van der Waals surface area contributed by atoms with Gasteiger partial charge >= 0.3 is 0 Å². The van der Waals surface area contributed by atoms with Crippen LogP contribution in [0, 0.1) is 0 Å². The third-order valence-corrected chi connectivity index (χ3v) is 3.27. The van der Waals surface area contributed by atoms with Crippen molar-refractivity contribution >= 4 is 39.5 Å². The number of nitrogens with zero attached hydrogens (tertiary/aromatic N) is 1. The van der Waals surface area contributed by atoms with Crippen LogP contribution < -0.4 is 20.2 Å². The van der Waals surface area contributed by atoms with Gasteiger partial charge in [0.2, 0.25) is 0 Å². The summed E-state index contributed by atoms with van der Waals surface area (Å²) in [6, 6.07) is 4.01. The van der Waals surface area contributed by atoms with Crippen LogP contribution in [0.15, 0.2) is 34.4 Å². The maximum Gasteiger partial charge on any atom is 0.187 e. The fourth-order valence-corrected chi connectivity index (χ4v) is 2.53. The zero-order valence-corrected chi connectivity index (χ0v) is 16.0. The largest absolute Gasteiger partial charge is 0.490 e. The van der Waals surface area contributed by atoms with Crippen molar-refractivity contribution in [2.45, 2.75) is 26.8 Å². The number of hydrogen-bond acceptors (Lipinski definition) is 4. The quantitative estimate of drug-likeness (QED) is 0.302. The number of rotatable bonds is 8. The number of nitrogens with one attached hydrogen (secondary N) is 2. The van der Waals surface area contributed by atoms with Crippen molar-refractivity contribution in [1.29, 1.82) is 0 Å². The molecule has 0 fully saturated rings. The second kappa shape index (κ2) is 10.2. The van der Waals surface area contributed by atoms with Gasteiger partial charge in [-0.15, -0.1) is 0 Å². The maximum absolute atomic E-state index is 5.63. The molecule has 0 bridgehead atoms. The first-order valence-corrected chi connectivity index (χ1v) is 8.47. The zero-order chi connectivity index (χ0) is 17.2. The van der Waals surface area contributed by atoms with Gasteiger partial charge in [-0.25, -0.2) is 0 Å². The highest BCUT2D eigenvalue weighted by atomic mass is 79.9. The van der Waals surface area contributed by atoms with E-state index in [1.807, 2.05) is 32.9 Å². The minimum Gasteiger partial charge on any atom is -0.490 e. The van der Waals surface area contributed by atoms with Gasteiger partial charge in [-0.1, -0.05) is 12.7 Å². The number of halogens is 1. The Labute approximate surface area is 151 Å². The van der Waals surface area contributed by atoms with Crippen LogP contribution in [0.2, 0.25) is 0 Å². The lowest BCUT2D eigenvalue weighted by Gasteiger charge is -2.13. The molecule has 1 rings (SSSR count). The average Bonchev–Trinajstić information content (AvgIpc) is 2.46. The highest BCUT2D eigenvalue weighted by molar-refractivity contribution is 9.10. The molecule has 23 heavy (non-hydrogen) atoms. The number of thiocarbonyl (C=S) groups is 1. The van der Waals surface area contributed by atoms with E-state index in [4.69, 9.17) is 21.7 Å². The van der Waals surface area contributed by atoms with Crippen LogP contribution in [0.25, 0.3) is 0 Å². The Hall–Kier alpha value is -1.60. The molecule has 7 heteroatoms. The lowest BCUT2D eigenvalue weighted by atomic mass is 10.2. The van der Waals surface area contributed by atoms with Gasteiger partial charge in [0, 0.05) is 6.04 Å². The highest BCUT2D eigenvalue weighted by Gasteiger charge is 2.11. The van der Waals surface area contributed by atoms with Gasteiger partial charge in [0.15, 0.2) is 16.6 Å². The first kappa shape index (κ1) is 19.4. The predicted molar refractivity (Wildman–Crippen MR) is 103 cm³/mol. The molecule has 2 N–H and O–H groups in total. The highest BCUT2D eigenvalue weighted by Crippen LogP contribution is 2.36. The van der Waals surface area contributed by atoms with Gasteiger partial charge in [-0.2, -0.15) is 5.10 Å². The van der Waals surface area contributed by atoms with Crippen molar-refractivity contribution in [1.82, 2.24) is 10.7 Å². The summed E-state index contributed by atoms with van der Waals surface area (Å²) in [5, 5.41) is 7.64. The molecule has 0 aromatic heterocycles. The Morgan fingerprint density at radius 1 is 1.43 bits per heavy atom. The molecular weight excluding hydrogens is 378 g/mol. The van der Waals surface area contributed by atoms with Crippen LogP contribution in [0.5, 0.6) is 11.5 Å². The van der Waals surface area contributed by atoms with Gasteiger partial charge in [-0.05, 0) is 66.6 Å². The van der Waals surface area contributed by atoms with E-state index >= 15 is 0 Å². The van der Waals surface area contributed by atoms with Crippen molar-refractivity contribution < 1.29 is 9.47 Å². The van der Waals surface area contributed by atoms with Crippen LogP contribution in [0.4, 0.5) is 0 Å². The van der Waals surface area contributed by atoms with E-state index in [0.29, 0.717) is 29.8 Å². The van der Waals surface area contributed by atoms with Crippen molar-refractivity contribution in [2.75, 3.05) is 13.2 Å². The topological polar surface area (TPSA) is 54.9 Å². The van der Waals surface area contributed by atoms with Crippen LogP contribution in [-0.4, -0.2) is 30.6 Å². The molecule has 0 saturated carbocycles. The van der Waals surface area contributed by atoms with E-state index < -0.39 is 0 Å². The van der Waals surface area contributed by atoms with Crippen molar-refractivity contribution in [2.24, 2.45) is 5.10 Å². The Kier molecular flexibility index (Phi) is 8.65. The summed E-state index contributed by atoms with van der Waals surface area (Å²) >= 11 is 8.60. The minimum absolute atomic E-state index is 0.255. The molecule has 0 aliphatic heterocycles. The third-order valence-electron chi connectivity index (χ3n) is 2.48. The third kappa shape index (κ3) is 7.00. The second-order valence-electron chi connectivity index (χ2n) is 4.86. The van der Waals surface area contributed by atoms with Gasteiger partial charge in [0.25, 0.3) is 0 Å². The van der Waals surface area contributed by atoms with E-state index in [9.17, 15) is 0 Å². The van der Waals surface area contributed by atoms with E-state index in [1.54, 1.807) is 12.3 Å². The van der Waals surface area contributed by atoms with Crippen LogP contribution in [0.3, 0.4) is 0 Å². The van der Waals surface area contributed by atoms with E-state index in [0.717, 1.165) is 10.0 Å². The number of benzene rings is 1. The first-order valence-electron chi connectivity index (χ1n) is 7.27. The van der Waals surface area contributed by atoms with Gasteiger partial charge in [0.05, 0.1) is 17.3 Å². The van der Waals surface area contributed by atoms with Crippen LogP contribution in [-0.2, 0) is 0 Å². The van der Waals surface area contributed by atoms with Gasteiger partial charge < -0.3 is 14.8 Å². The molecule has 0 unspecified atom stereocenters. The molecule has 1 aromatic carbocycles. The molecular formula is C16H22BrN3O2S. The second-order valence-corrected chi connectivity index (χ2v) is 6.12. The van der Waals surface area contributed by atoms with Crippen molar-refractivity contribution in [3.8, 4) is 11.5 Å². The van der Waals surface area contributed by atoms with E-state index in [-0.39, 0.29) is 6.04 Å². The van der Waals surface area contributed by atoms with E-state index in [1.165, 1.54) is 0 Å². The molecule has 0 heterocycles. The molecule has 126 valence electrons. The van der Waals surface area contributed by atoms with Gasteiger partial charge in [-0.3, -0.25) is 5.43 Å². The molecule has 0 aliphatic rings. The predicted octanol–water partition coefficient (Wildman–Crippen LogP) is 3.62. The summed E-state index contributed by atoms with van der Waals surface area (Å²) in [4.78, 5) is 0. The molecule has 0 saturated heterocycles. The fraction of sp³-hybridized carbons (Fsp3) is 0.375. The Morgan fingerprint density at radius 2 is 2.17 bits per heavy atom. The molecule has 0 amide bonds. The van der Waals surface area contributed by atoms with Crippen LogP contribution >= 0.6 is 28.1 Å². The number of ether oxygens (including phenoxy) is 2. The monoisotopic (exact) mass is 399 g/mol. The molecule has 0 spiro atoms. The SMILES string of the molecule is C=CCOc1c(Br)cc(/C=N\NC(=S)NC(C)C)cc1OCC. The maximum atomic E-state index is 5.63. The molecule has 0 atom stereocenters. The summed E-state index contributed by atoms with van der Waals surface area (Å²) in [6.45, 7) is 10.5. The molecule has 5 nitrogen and oxygen atoms in total. The first-order chi connectivity index (χ1) is 11.0. The Morgan fingerprint density at radius 3 is 2.78 bits per heavy atom. The Bertz CT molecular complexity index is 577. The minimum atomic E-state index is 0.255. The summed E-state index contributed by atoms with van der Waals surface area (Å²) in [5.74, 6) is 1.29. The fourth-order valence-electron chi connectivity index (χ4n) is 1.67. The lowest BCUT2D eigenvalue weighted by Crippen LogP contribution is -2.36. The summed E-state index contributed by atoms with van der Waals surface area (Å²) < 4.78 is 12.0. The Balaban J connectivity index is 2.87. The molecule has 0 aliphatic carbocycles. The normalized spacial score (nSPS) is 10.7. The van der Waals surface area contributed by atoms with Crippen molar-refractivity contribution in [3.63, 3.8) is 0 Å². The summed E-state index contributed by atoms with van der Waals surface area (Å²) in [7, 11) is 0. The average molecular weight is 400 g/mol. The lowest BCUT2D eigenvalue weighted by molar-refractivity contribution is 0.295. The van der Waals surface area contributed by atoms with Gasteiger partial charge in [0.1, 0.15) is 6.61 Å². The van der Waals surface area contributed by atoms with Crippen molar-refractivity contribution in [3.05, 3.63) is 34.8 Å². The van der Waals surface area contributed by atoms with Crippen LogP contribution in [0.1, 0.15) is 26.3 Å². The smallest absolute Gasteiger partial charge is 0.187 e. The number of hydrazone groups is 1. The summed E-state index contributed by atoms with van der Waals surface area (Å²) in [6.07, 6.45) is 3.35. The number of hydrogen-bond donors (Lipinski definition) is 2. The zero-order valence-electron chi connectivity index (χ0n) is 13.6.